The van der Waals surface area contributed by atoms with Crippen LogP contribution in [0.25, 0.3) is 0 Å². The molecule has 2 aliphatic rings. The van der Waals surface area contributed by atoms with Gasteiger partial charge in [0.05, 0.1) is 0 Å². The lowest BCUT2D eigenvalue weighted by molar-refractivity contribution is 0.172. The number of benzene rings is 1. The van der Waals surface area contributed by atoms with Crippen molar-refractivity contribution in [1.29, 1.82) is 5.41 Å². The molecule has 1 aliphatic carbocycles. The molecule has 3 nitrogen and oxygen atoms in total. The second kappa shape index (κ2) is 7.36. The molecule has 0 saturated carbocycles. The summed E-state index contributed by atoms with van der Waals surface area (Å²) in [6.45, 7) is 9.47. The van der Waals surface area contributed by atoms with Gasteiger partial charge in [-0.3, -0.25) is 0 Å². The monoisotopic (exact) mass is 339 g/mol. The number of hydrogen-bond acceptors (Lipinski definition) is 3. The third-order valence-corrected chi connectivity index (χ3v) is 5.24. The van der Waals surface area contributed by atoms with Gasteiger partial charge < -0.3 is 15.6 Å². The van der Waals surface area contributed by atoms with Crippen molar-refractivity contribution in [3.63, 3.8) is 0 Å². The third-order valence-electron chi connectivity index (χ3n) is 5.24. The number of anilines is 1. The van der Waals surface area contributed by atoms with E-state index in [2.05, 4.69) is 35.9 Å². The van der Waals surface area contributed by atoms with Gasteiger partial charge in [-0.15, -0.1) is 6.58 Å². The first-order valence-electron chi connectivity index (χ1n) is 8.93. The molecule has 1 fully saturated rings. The Kier molecular flexibility index (Phi) is 5.19. The highest BCUT2D eigenvalue weighted by Crippen LogP contribution is 2.45. The second-order valence-corrected chi connectivity index (χ2v) is 6.95. The zero-order chi connectivity index (χ0) is 17.9. The van der Waals surface area contributed by atoms with Crippen molar-refractivity contribution >= 4 is 11.9 Å². The SMILES string of the molecule is C=CC12CC(C=N)=C(Nc3ccc(F)cc3)C=C1CCN(CCC)C2. The van der Waals surface area contributed by atoms with E-state index in [1.165, 1.54) is 23.9 Å². The number of fused-ring (bicyclic) bond motifs is 1. The number of nitrogens with one attached hydrogen (secondary N) is 2. The van der Waals surface area contributed by atoms with Crippen LogP contribution in [0.4, 0.5) is 10.1 Å². The van der Waals surface area contributed by atoms with Crippen LogP contribution in [0.1, 0.15) is 26.2 Å². The van der Waals surface area contributed by atoms with E-state index < -0.39 is 0 Å². The van der Waals surface area contributed by atoms with Crippen LogP contribution in [-0.4, -0.2) is 30.7 Å². The molecule has 0 aromatic heterocycles. The summed E-state index contributed by atoms with van der Waals surface area (Å²) in [6, 6.07) is 6.34. The second-order valence-electron chi connectivity index (χ2n) is 6.95. The molecule has 1 unspecified atom stereocenters. The average molecular weight is 339 g/mol. The number of halogens is 1. The summed E-state index contributed by atoms with van der Waals surface area (Å²) < 4.78 is 13.1. The van der Waals surface area contributed by atoms with Gasteiger partial charge in [-0.25, -0.2) is 4.39 Å². The Labute approximate surface area is 149 Å². The predicted octanol–water partition coefficient (Wildman–Crippen LogP) is 4.76. The lowest BCUT2D eigenvalue weighted by Gasteiger charge is -2.45. The van der Waals surface area contributed by atoms with E-state index in [4.69, 9.17) is 5.41 Å². The maximum atomic E-state index is 13.1. The highest BCUT2D eigenvalue weighted by Gasteiger charge is 2.39. The average Bonchev–Trinajstić information content (AvgIpc) is 2.63. The molecule has 1 saturated heterocycles. The smallest absolute Gasteiger partial charge is 0.123 e. The normalized spacial score (nSPS) is 23.7. The molecule has 25 heavy (non-hydrogen) atoms. The molecule has 3 rings (SSSR count). The van der Waals surface area contributed by atoms with Gasteiger partial charge >= 0.3 is 0 Å². The first-order chi connectivity index (χ1) is 12.1. The molecule has 4 heteroatoms. The Morgan fingerprint density at radius 2 is 2.12 bits per heavy atom. The van der Waals surface area contributed by atoms with Crippen LogP contribution in [0.5, 0.6) is 0 Å². The van der Waals surface area contributed by atoms with Crippen molar-refractivity contribution in [3.05, 3.63) is 65.7 Å². The highest BCUT2D eigenvalue weighted by molar-refractivity contribution is 5.81. The van der Waals surface area contributed by atoms with Gasteiger partial charge in [0.2, 0.25) is 0 Å². The summed E-state index contributed by atoms with van der Waals surface area (Å²) in [4.78, 5) is 2.50. The minimum absolute atomic E-state index is 0.0751. The molecule has 1 aromatic carbocycles. The summed E-state index contributed by atoms with van der Waals surface area (Å²) >= 11 is 0. The summed E-state index contributed by atoms with van der Waals surface area (Å²) in [6.07, 6.45) is 8.64. The van der Waals surface area contributed by atoms with Crippen LogP contribution in [0, 0.1) is 16.6 Å². The van der Waals surface area contributed by atoms with Gasteiger partial charge in [0.15, 0.2) is 0 Å². The Hall–Kier alpha value is -2.20. The van der Waals surface area contributed by atoms with Crippen LogP contribution in [0.2, 0.25) is 0 Å². The lowest BCUT2D eigenvalue weighted by atomic mass is 9.68. The fraction of sp³-hybridized carbons (Fsp3) is 0.381. The predicted molar refractivity (Wildman–Crippen MR) is 103 cm³/mol. The molecule has 0 spiro atoms. The van der Waals surface area contributed by atoms with Gasteiger partial charge in [-0.1, -0.05) is 18.6 Å². The number of hydrogen-bond donors (Lipinski definition) is 2. The summed E-state index contributed by atoms with van der Waals surface area (Å²) in [5, 5.41) is 11.2. The molecular weight excluding hydrogens is 313 g/mol. The zero-order valence-electron chi connectivity index (χ0n) is 14.8. The zero-order valence-corrected chi connectivity index (χ0v) is 14.8. The quantitative estimate of drug-likeness (QED) is 0.579. The van der Waals surface area contributed by atoms with E-state index in [0.717, 1.165) is 55.9 Å². The fourth-order valence-electron chi connectivity index (χ4n) is 3.90. The molecule has 1 heterocycles. The fourth-order valence-corrected chi connectivity index (χ4v) is 3.90. The molecule has 1 aliphatic heterocycles. The molecule has 1 atom stereocenters. The molecule has 2 N–H and O–H groups in total. The number of allylic oxidation sites excluding steroid dienone is 2. The number of piperidine rings is 1. The Morgan fingerprint density at radius 1 is 1.36 bits per heavy atom. The van der Waals surface area contributed by atoms with E-state index in [-0.39, 0.29) is 11.2 Å². The van der Waals surface area contributed by atoms with E-state index >= 15 is 0 Å². The van der Waals surface area contributed by atoms with E-state index in [1.807, 2.05) is 0 Å². The minimum Gasteiger partial charge on any atom is -0.355 e. The standard InChI is InChI=1S/C21H26FN3/c1-3-10-25-11-9-17-12-20(24-19-7-5-18(22)6-8-19)16(14-23)13-21(17,4-2)15-25/h4-8,12,14,23-24H,2-3,9-11,13,15H2,1H3. The summed E-state index contributed by atoms with van der Waals surface area (Å²) in [7, 11) is 0. The molecular formula is C21H26FN3. The maximum absolute atomic E-state index is 13.1. The Morgan fingerprint density at radius 3 is 2.76 bits per heavy atom. The minimum atomic E-state index is -0.247. The van der Waals surface area contributed by atoms with Crippen LogP contribution >= 0.6 is 0 Å². The van der Waals surface area contributed by atoms with Crippen molar-refractivity contribution in [2.45, 2.75) is 26.2 Å². The van der Waals surface area contributed by atoms with Crippen LogP contribution in [-0.2, 0) is 0 Å². The maximum Gasteiger partial charge on any atom is 0.123 e. The third kappa shape index (κ3) is 3.59. The van der Waals surface area contributed by atoms with Gasteiger partial charge in [0, 0.05) is 36.1 Å². The van der Waals surface area contributed by atoms with Crippen molar-refractivity contribution in [1.82, 2.24) is 4.90 Å². The van der Waals surface area contributed by atoms with Gasteiger partial charge in [0.1, 0.15) is 5.82 Å². The van der Waals surface area contributed by atoms with Crippen molar-refractivity contribution in [3.8, 4) is 0 Å². The van der Waals surface area contributed by atoms with Crippen LogP contribution < -0.4 is 5.32 Å². The van der Waals surface area contributed by atoms with Crippen LogP contribution in [0.15, 0.2) is 59.8 Å². The van der Waals surface area contributed by atoms with E-state index in [9.17, 15) is 4.39 Å². The molecule has 132 valence electrons. The first kappa shape index (κ1) is 17.6. The largest absolute Gasteiger partial charge is 0.355 e. The van der Waals surface area contributed by atoms with E-state index in [1.54, 1.807) is 12.1 Å². The van der Waals surface area contributed by atoms with E-state index in [0.29, 0.717) is 0 Å². The Balaban J connectivity index is 1.88. The van der Waals surface area contributed by atoms with Gasteiger partial charge in [-0.05, 0) is 61.7 Å². The number of rotatable bonds is 6. The molecule has 0 amide bonds. The van der Waals surface area contributed by atoms with Crippen molar-refractivity contribution < 1.29 is 4.39 Å². The van der Waals surface area contributed by atoms with Crippen LogP contribution in [0.3, 0.4) is 0 Å². The highest BCUT2D eigenvalue weighted by atomic mass is 19.1. The topological polar surface area (TPSA) is 39.1 Å². The molecule has 0 bridgehead atoms. The summed E-state index contributed by atoms with van der Waals surface area (Å²) in [5.41, 5.74) is 4.05. The lowest BCUT2D eigenvalue weighted by Crippen LogP contribution is -2.45. The molecule has 1 aromatic rings. The number of nitrogens with zero attached hydrogens (tertiary/aromatic N) is 1. The van der Waals surface area contributed by atoms with Gasteiger partial charge in [0.25, 0.3) is 0 Å². The summed E-state index contributed by atoms with van der Waals surface area (Å²) in [5.74, 6) is -0.247. The Bertz CT molecular complexity index is 717. The molecule has 0 radical (unpaired) electrons. The van der Waals surface area contributed by atoms with Gasteiger partial charge in [-0.2, -0.15) is 0 Å². The van der Waals surface area contributed by atoms with Crippen molar-refractivity contribution in [2.24, 2.45) is 5.41 Å². The first-order valence-corrected chi connectivity index (χ1v) is 8.93. The number of likely N-dealkylation sites (tertiary alicyclic amines) is 1. The van der Waals surface area contributed by atoms with Crippen molar-refractivity contribution in [2.75, 3.05) is 25.0 Å².